The fourth-order valence-corrected chi connectivity index (χ4v) is 6.35. The molecule has 1 radical (unpaired) electrons. The number of nitrogens with zero attached hydrogens (tertiary/aromatic N) is 4. The third kappa shape index (κ3) is 4.37. The number of rotatable bonds is 6. The average Bonchev–Trinajstić information content (AvgIpc) is 3.40. The molecule has 3 aliphatic rings. The van der Waals surface area contributed by atoms with Crippen molar-refractivity contribution in [2.24, 2.45) is 0 Å². The van der Waals surface area contributed by atoms with Crippen LogP contribution in [0.1, 0.15) is 31.7 Å². The summed E-state index contributed by atoms with van der Waals surface area (Å²) in [5, 5.41) is 51.5. The highest BCUT2D eigenvalue weighted by molar-refractivity contribution is 8.02. The van der Waals surface area contributed by atoms with Crippen LogP contribution in [0.2, 0.25) is 0 Å². The Morgan fingerprint density at radius 2 is 1.83 bits per heavy atom. The number of benzene rings is 1. The van der Waals surface area contributed by atoms with Crippen LogP contribution in [0.25, 0.3) is 11.3 Å². The quantitative estimate of drug-likeness (QED) is 0.420. The van der Waals surface area contributed by atoms with Crippen LogP contribution >= 0.6 is 11.8 Å². The number of halogens is 3. The highest BCUT2D eigenvalue weighted by Crippen LogP contribution is 2.51. The van der Waals surface area contributed by atoms with Gasteiger partial charge in [0, 0.05) is 18.7 Å². The van der Waals surface area contributed by atoms with Crippen molar-refractivity contribution < 1.29 is 38.3 Å². The molecule has 1 aliphatic carbocycles. The van der Waals surface area contributed by atoms with Crippen LogP contribution in [0.3, 0.4) is 0 Å². The zero-order chi connectivity index (χ0) is 24.9. The van der Waals surface area contributed by atoms with Gasteiger partial charge in [-0.3, -0.25) is 4.90 Å². The second-order valence-electron chi connectivity index (χ2n) is 9.09. The lowest BCUT2D eigenvalue weighted by molar-refractivity contribution is -0.179. The van der Waals surface area contributed by atoms with E-state index in [1.165, 1.54) is 18.0 Å². The van der Waals surface area contributed by atoms with Gasteiger partial charge in [0.1, 0.15) is 41.2 Å². The van der Waals surface area contributed by atoms with Gasteiger partial charge in [0.05, 0.1) is 18.1 Å². The van der Waals surface area contributed by atoms with E-state index in [4.69, 9.17) is 4.74 Å². The fourth-order valence-electron chi connectivity index (χ4n) is 4.88. The molecule has 0 amide bonds. The van der Waals surface area contributed by atoms with Gasteiger partial charge in [-0.05, 0) is 37.8 Å². The number of ether oxygens (including phenoxy) is 1. The first-order chi connectivity index (χ1) is 16.7. The highest BCUT2D eigenvalue weighted by atomic mass is 32.2. The van der Waals surface area contributed by atoms with E-state index in [0.29, 0.717) is 12.8 Å². The molecule has 5 rings (SSSR count). The smallest absolute Gasteiger partial charge is 0.194 e. The maximum absolute atomic E-state index is 13.7. The van der Waals surface area contributed by atoms with E-state index in [1.54, 1.807) is 0 Å². The molecule has 1 aromatic carbocycles. The Balaban J connectivity index is 1.40. The summed E-state index contributed by atoms with van der Waals surface area (Å²) in [7, 11) is 0. The molecule has 35 heavy (non-hydrogen) atoms. The van der Waals surface area contributed by atoms with Gasteiger partial charge in [0.15, 0.2) is 17.5 Å². The molecule has 1 unspecified atom stereocenters. The van der Waals surface area contributed by atoms with Gasteiger partial charge in [-0.2, -0.15) is 0 Å². The van der Waals surface area contributed by atoms with E-state index >= 15 is 0 Å². The monoisotopic (exact) mass is 515 g/mol. The van der Waals surface area contributed by atoms with Crippen LogP contribution in [-0.2, 0) is 4.74 Å². The maximum Gasteiger partial charge on any atom is 0.194 e. The molecule has 191 valence electrons. The largest absolute Gasteiger partial charge is 0.394 e. The molecule has 2 saturated heterocycles. The number of thioether (sulfide) groups is 1. The number of likely N-dealkylation sites (tertiary alicyclic amines) is 1. The lowest BCUT2D eigenvalue weighted by Gasteiger charge is -2.48. The maximum atomic E-state index is 13.7. The van der Waals surface area contributed by atoms with Gasteiger partial charge in [-0.15, -0.1) is 16.9 Å². The number of hydrogen-bond donors (Lipinski definition) is 4. The van der Waals surface area contributed by atoms with Crippen molar-refractivity contribution in [1.82, 2.24) is 19.9 Å². The standard InChI is InChI=1S/C22H26F3N4O5S/c23-12-7-11(8-13(24)17(12)25)14-9-29(27-26-14)18-19(31)15(10-30)34-21(20(18)32)35-16-3-1-4-22(16,33)28-5-2-6-28/h7-9,15,18-21,30-33H,1-6,10H2/t15-,18+,19+,20-,21+,22?/m1/s1. The van der Waals surface area contributed by atoms with Crippen molar-refractivity contribution in [2.75, 3.05) is 19.7 Å². The second kappa shape index (κ2) is 9.61. The first kappa shape index (κ1) is 24.9. The predicted molar refractivity (Wildman–Crippen MR) is 118 cm³/mol. The molecular formula is C22H26F3N4O5S. The number of aliphatic hydroxyl groups is 4. The number of aliphatic hydroxyl groups excluding tert-OH is 3. The molecule has 3 fully saturated rings. The first-order valence-electron chi connectivity index (χ1n) is 11.4. The van der Waals surface area contributed by atoms with Crippen molar-refractivity contribution in [3.8, 4) is 11.3 Å². The van der Waals surface area contributed by atoms with Gasteiger partial charge in [-0.1, -0.05) is 5.21 Å². The fraction of sp³-hybridized carbons (Fsp3) is 0.591. The van der Waals surface area contributed by atoms with Crippen molar-refractivity contribution in [3.63, 3.8) is 0 Å². The molecule has 6 atom stereocenters. The van der Waals surface area contributed by atoms with Crippen LogP contribution in [0, 0.1) is 22.7 Å². The van der Waals surface area contributed by atoms with E-state index in [1.807, 2.05) is 4.90 Å². The lowest BCUT2D eigenvalue weighted by Crippen LogP contribution is -2.58. The van der Waals surface area contributed by atoms with Crippen LogP contribution in [0.4, 0.5) is 13.2 Å². The van der Waals surface area contributed by atoms with Crippen LogP contribution in [0.5, 0.6) is 0 Å². The van der Waals surface area contributed by atoms with Crippen molar-refractivity contribution in [1.29, 1.82) is 0 Å². The topological polar surface area (TPSA) is 124 Å². The molecule has 9 nitrogen and oxygen atoms in total. The molecule has 1 aromatic heterocycles. The summed E-state index contributed by atoms with van der Waals surface area (Å²) in [6, 6.07) is 0.423. The lowest BCUT2D eigenvalue weighted by atomic mass is 9.97. The molecular weight excluding hydrogens is 489 g/mol. The third-order valence-corrected chi connectivity index (χ3v) is 8.40. The average molecular weight is 516 g/mol. The Bertz CT molecular complexity index is 1050. The normalized spacial score (nSPS) is 34.3. The Hall–Kier alpha value is -1.74. The van der Waals surface area contributed by atoms with E-state index in [0.717, 1.165) is 48.0 Å². The Labute approximate surface area is 203 Å². The summed E-state index contributed by atoms with van der Waals surface area (Å²) < 4.78 is 47.6. The summed E-state index contributed by atoms with van der Waals surface area (Å²) in [6.07, 6.45) is 0.484. The van der Waals surface area contributed by atoms with Crippen LogP contribution in [0.15, 0.2) is 18.3 Å². The molecule has 13 heteroatoms. The Morgan fingerprint density at radius 1 is 1.11 bits per heavy atom. The molecule has 4 N–H and O–H groups in total. The van der Waals surface area contributed by atoms with E-state index in [2.05, 4.69) is 10.3 Å². The van der Waals surface area contributed by atoms with Crippen molar-refractivity contribution in [3.05, 3.63) is 41.0 Å². The molecule has 3 heterocycles. The highest BCUT2D eigenvalue weighted by Gasteiger charge is 2.53. The van der Waals surface area contributed by atoms with E-state index < -0.39 is 59.6 Å². The van der Waals surface area contributed by atoms with Crippen molar-refractivity contribution in [2.45, 2.75) is 61.2 Å². The number of aromatic nitrogens is 3. The molecule has 2 aliphatic heterocycles. The summed E-state index contributed by atoms with van der Waals surface area (Å²) in [6.45, 7) is 1.02. The SMILES string of the molecule is OC[C@H]1O[C@@H](S[C]2CCCC2(O)N2CCC2)[C@H](O)[C@@H](n2cc(-c3cc(F)c(F)c(F)c3)nn2)[C@H]1O. The molecule has 2 aromatic rings. The van der Waals surface area contributed by atoms with Gasteiger partial charge in [0.2, 0.25) is 0 Å². The zero-order valence-corrected chi connectivity index (χ0v) is 19.4. The minimum Gasteiger partial charge on any atom is -0.394 e. The zero-order valence-electron chi connectivity index (χ0n) is 18.6. The minimum atomic E-state index is -1.61. The summed E-state index contributed by atoms with van der Waals surface area (Å²) in [5.74, 6) is -4.38. The predicted octanol–water partition coefficient (Wildman–Crippen LogP) is 1.19. The Morgan fingerprint density at radius 3 is 2.46 bits per heavy atom. The van der Waals surface area contributed by atoms with Crippen molar-refractivity contribution >= 4 is 11.8 Å². The third-order valence-electron chi connectivity index (χ3n) is 6.96. The molecule has 0 spiro atoms. The van der Waals surface area contributed by atoms with E-state index in [-0.39, 0.29) is 11.3 Å². The minimum absolute atomic E-state index is 0.00392. The van der Waals surface area contributed by atoms with Gasteiger partial charge in [0.25, 0.3) is 0 Å². The van der Waals surface area contributed by atoms with Gasteiger partial charge >= 0.3 is 0 Å². The van der Waals surface area contributed by atoms with Crippen LogP contribution < -0.4 is 0 Å². The first-order valence-corrected chi connectivity index (χ1v) is 12.3. The molecule has 0 bridgehead atoms. The summed E-state index contributed by atoms with van der Waals surface area (Å²) in [4.78, 5) is 1.98. The molecule has 1 saturated carbocycles. The van der Waals surface area contributed by atoms with E-state index in [9.17, 15) is 33.6 Å². The summed E-state index contributed by atoms with van der Waals surface area (Å²) >= 11 is 1.18. The number of hydrogen-bond acceptors (Lipinski definition) is 9. The van der Waals surface area contributed by atoms with Crippen LogP contribution in [-0.4, -0.2) is 89.5 Å². The van der Waals surface area contributed by atoms with Gasteiger partial charge in [-0.25, -0.2) is 17.9 Å². The summed E-state index contributed by atoms with van der Waals surface area (Å²) in [5.41, 5.74) is -2.11. The van der Waals surface area contributed by atoms with Gasteiger partial charge < -0.3 is 25.2 Å². The Kier molecular flexibility index (Phi) is 6.85. The second-order valence-corrected chi connectivity index (χ2v) is 10.3.